The van der Waals surface area contributed by atoms with Gasteiger partial charge in [-0.3, -0.25) is 0 Å². The minimum atomic E-state index is -0.263. The van der Waals surface area contributed by atoms with Gasteiger partial charge in [-0.15, -0.1) is 0 Å². The summed E-state index contributed by atoms with van der Waals surface area (Å²) in [4.78, 5) is 0. The highest BCUT2D eigenvalue weighted by atomic mass is 79.9. The van der Waals surface area contributed by atoms with Crippen molar-refractivity contribution in [3.8, 4) is 5.75 Å². The van der Waals surface area contributed by atoms with Crippen LogP contribution >= 0.6 is 15.9 Å². The molecule has 1 unspecified atom stereocenters. The van der Waals surface area contributed by atoms with E-state index >= 15 is 0 Å². The third-order valence-electron chi connectivity index (χ3n) is 3.53. The zero-order chi connectivity index (χ0) is 15.4. The van der Waals surface area contributed by atoms with Crippen molar-refractivity contribution >= 4 is 15.9 Å². The zero-order valence-corrected chi connectivity index (χ0v) is 14.0. The van der Waals surface area contributed by atoms with Gasteiger partial charge in [-0.05, 0) is 48.9 Å². The number of hydrogen-bond donors (Lipinski definition) is 1. The zero-order valence-electron chi connectivity index (χ0n) is 12.4. The van der Waals surface area contributed by atoms with Gasteiger partial charge in [0.05, 0.1) is 13.2 Å². The van der Waals surface area contributed by atoms with Gasteiger partial charge in [0, 0.05) is 10.0 Å². The summed E-state index contributed by atoms with van der Waals surface area (Å²) in [5, 5.41) is 3.42. The molecule has 0 radical (unpaired) electrons. The molecule has 0 amide bonds. The summed E-state index contributed by atoms with van der Waals surface area (Å²) in [6.45, 7) is 4.86. The molecule has 0 spiro atoms. The number of benzene rings is 2. The molecule has 2 rings (SSSR count). The molecule has 0 heterocycles. The second-order valence-electron chi connectivity index (χ2n) is 4.83. The molecular weight excluding hydrogens is 333 g/mol. The lowest BCUT2D eigenvalue weighted by Gasteiger charge is -2.23. The Kier molecular flexibility index (Phi) is 5.37. The van der Waals surface area contributed by atoms with E-state index in [0.29, 0.717) is 5.75 Å². The van der Waals surface area contributed by atoms with Gasteiger partial charge in [0.2, 0.25) is 0 Å². The summed E-state index contributed by atoms with van der Waals surface area (Å²) in [5.74, 6) is 0.420. The van der Waals surface area contributed by atoms with Crippen molar-refractivity contribution in [3.05, 3.63) is 63.4 Å². The Labute approximate surface area is 133 Å². The molecule has 112 valence electrons. The number of hydrogen-bond acceptors (Lipinski definition) is 2. The third-order valence-corrected chi connectivity index (χ3v) is 4.39. The van der Waals surface area contributed by atoms with Crippen LogP contribution in [0, 0.1) is 12.7 Å². The summed E-state index contributed by atoms with van der Waals surface area (Å²) in [6.07, 6.45) is 0. The monoisotopic (exact) mass is 351 g/mol. The fourth-order valence-electron chi connectivity index (χ4n) is 2.46. The summed E-state index contributed by atoms with van der Waals surface area (Å²) in [7, 11) is 1.60. The molecule has 4 heteroatoms. The lowest BCUT2D eigenvalue weighted by atomic mass is 9.94. The Morgan fingerprint density at radius 3 is 2.67 bits per heavy atom. The molecule has 2 aromatic rings. The van der Waals surface area contributed by atoms with Gasteiger partial charge < -0.3 is 10.1 Å². The minimum Gasteiger partial charge on any atom is -0.496 e. The molecule has 1 atom stereocenters. The molecule has 1 N–H and O–H groups in total. The molecule has 2 aromatic carbocycles. The molecular formula is C17H19BrFNO. The second kappa shape index (κ2) is 7.05. The van der Waals surface area contributed by atoms with Crippen molar-refractivity contribution in [1.82, 2.24) is 5.32 Å². The van der Waals surface area contributed by atoms with Crippen LogP contribution in [-0.2, 0) is 0 Å². The van der Waals surface area contributed by atoms with E-state index < -0.39 is 0 Å². The molecule has 0 aliphatic rings. The van der Waals surface area contributed by atoms with Crippen LogP contribution in [0.2, 0.25) is 0 Å². The number of methoxy groups -OCH3 is 1. The first-order valence-corrected chi connectivity index (χ1v) is 7.69. The van der Waals surface area contributed by atoms with Crippen molar-refractivity contribution in [3.63, 3.8) is 0 Å². The smallest absolute Gasteiger partial charge is 0.124 e. The Morgan fingerprint density at radius 2 is 2.00 bits per heavy atom. The quantitative estimate of drug-likeness (QED) is 0.849. The van der Waals surface area contributed by atoms with Crippen molar-refractivity contribution in [2.45, 2.75) is 19.9 Å². The van der Waals surface area contributed by atoms with Gasteiger partial charge in [0.15, 0.2) is 0 Å². The average Bonchev–Trinajstić information content (AvgIpc) is 2.48. The number of nitrogens with one attached hydrogen (secondary N) is 1. The third kappa shape index (κ3) is 3.44. The highest BCUT2D eigenvalue weighted by Crippen LogP contribution is 2.34. The van der Waals surface area contributed by atoms with Crippen LogP contribution in [0.15, 0.2) is 40.9 Å². The first-order valence-electron chi connectivity index (χ1n) is 6.90. The highest BCUT2D eigenvalue weighted by molar-refractivity contribution is 9.10. The van der Waals surface area contributed by atoms with Gasteiger partial charge in [0.1, 0.15) is 11.6 Å². The van der Waals surface area contributed by atoms with Crippen LogP contribution in [-0.4, -0.2) is 13.7 Å². The topological polar surface area (TPSA) is 21.3 Å². The predicted molar refractivity (Wildman–Crippen MR) is 87.4 cm³/mol. The fourth-order valence-corrected chi connectivity index (χ4v) is 2.84. The SMILES string of the molecule is CCNC(c1cc(F)ccc1OC)c1cccc(Br)c1C. The predicted octanol–water partition coefficient (Wildman–Crippen LogP) is 4.60. The molecule has 0 aliphatic heterocycles. The Morgan fingerprint density at radius 1 is 1.24 bits per heavy atom. The Hall–Kier alpha value is -1.39. The maximum Gasteiger partial charge on any atom is 0.124 e. The van der Waals surface area contributed by atoms with Gasteiger partial charge in [0.25, 0.3) is 0 Å². The average molecular weight is 352 g/mol. The van der Waals surface area contributed by atoms with Crippen molar-refractivity contribution < 1.29 is 9.13 Å². The van der Waals surface area contributed by atoms with Crippen LogP contribution in [0.25, 0.3) is 0 Å². The lowest BCUT2D eigenvalue weighted by molar-refractivity contribution is 0.402. The maximum absolute atomic E-state index is 13.7. The molecule has 0 saturated heterocycles. The first-order chi connectivity index (χ1) is 10.1. The number of ether oxygens (including phenoxy) is 1. The molecule has 0 fully saturated rings. The van der Waals surface area contributed by atoms with E-state index in [-0.39, 0.29) is 11.9 Å². The Bertz CT molecular complexity index is 630. The fraction of sp³-hybridized carbons (Fsp3) is 0.294. The van der Waals surface area contributed by atoms with Crippen molar-refractivity contribution in [2.24, 2.45) is 0 Å². The Balaban J connectivity index is 2.58. The van der Waals surface area contributed by atoms with Crippen LogP contribution < -0.4 is 10.1 Å². The van der Waals surface area contributed by atoms with E-state index in [1.165, 1.54) is 12.1 Å². The first kappa shape index (κ1) is 16.0. The summed E-state index contributed by atoms with van der Waals surface area (Å²) in [5.41, 5.74) is 3.05. The van der Waals surface area contributed by atoms with E-state index in [1.54, 1.807) is 13.2 Å². The van der Waals surface area contributed by atoms with E-state index in [0.717, 1.165) is 27.7 Å². The van der Waals surface area contributed by atoms with E-state index in [2.05, 4.69) is 34.2 Å². The standard InChI is InChI=1S/C17H19BrFNO/c1-4-20-17(13-6-5-7-15(18)11(13)2)14-10-12(19)8-9-16(14)21-3/h5-10,17,20H,4H2,1-3H3. The number of rotatable bonds is 5. The molecule has 0 aromatic heterocycles. The molecule has 0 bridgehead atoms. The van der Waals surface area contributed by atoms with Crippen LogP contribution in [0.4, 0.5) is 4.39 Å². The molecule has 0 aliphatic carbocycles. The summed E-state index contributed by atoms with van der Waals surface area (Å²) in [6, 6.07) is 10.6. The molecule has 0 saturated carbocycles. The maximum atomic E-state index is 13.7. The highest BCUT2D eigenvalue weighted by Gasteiger charge is 2.20. The van der Waals surface area contributed by atoms with Gasteiger partial charge in [-0.2, -0.15) is 0 Å². The van der Waals surface area contributed by atoms with Crippen LogP contribution in [0.3, 0.4) is 0 Å². The second-order valence-corrected chi connectivity index (χ2v) is 5.69. The summed E-state index contributed by atoms with van der Waals surface area (Å²) >= 11 is 3.55. The van der Waals surface area contributed by atoms with Crippen molar-refractivity contribution in [1.29, 1.82) is 0 Å². The lowest BCUT2D eigenvalue weighted by Crippen LogP contribution is -2.23. The van der Waals surface area contributed by atoms with Crippen LogP contribution in [0.1, 0.15) is 29.7 Å². The van der Waals surface area contributed by atoms with Crippen LogP contribution in [0.5, 0.6) is 5.75 Å². The molecule has 2 nitrogen and oxygen atoms in total. The van der Waals surface area contributed by atoms with Gasteiger partial charge in [-0.1, -0.05) is 35.0 Å². The van der Waals surface area contributed by atoms with E-state index in [1.807, 2.05) is 19.1 Å². The minimum absolute atomic E-state index is 0.113. The van der Waals surface area contributed by atoms with E-state index in [4.69, 9.17) is 4.74 Å². The van der Waals surface area contributed by atoms with E-state index in [9.17, 15) is 4.39 Å². The normalized spacial score (nSPS) is 12.2. The molecule has 21 heavy (non-hydrogen) atoms. The van der Waals surface area contributed by atoms with Gasteiger partial charge >= 0.3 is 0 Å². The van der Waals surface area contributed by atoms with Gasteiger partial charge in [-0.25, -0.2) is 4.39 Å². The number of halogens is 2. The van der Waals surface area contributed by atoms with Crippen molar-refractivity contribution in [2.75, 3.05) is 13.7 Å². The largest absolute Gasteiger partial charge is 0.496 e. The summed E-state index contributed by atoms with van der Waals surface area (Å²) < 4.78 is 20.1.